The molecule has 14 nitrogen and oxygen atoms in total. The van der Waals surface area contributed by atoms with E-state index in [0.29, 0.717) is 29.5 Å². The predicted molar refractivity (Wildman–Crippen MR) is 217 cm³/mol. The largest absolute Gasteiger partial charge is 0.488 e. The van der Waals surface area contributed by atoms with Gasteiger partial charge in [-0.15, -0.1) is 0 Å². The number of carbonyl (C=O) groups excluding carboxylic acids is 2. The molecule has 0 spiro atoms. The Morgan fingerprint density at radius 3 is 2.43 bits per heavy atom. The summed E-state index contributed by atoms with van der Waals surface area (Å²) in [6.45, 7) is 8.74. The fraction of sp³-hybridized carbons (Fsp3) is 0.535. The highest BCUT2D eigenvalue weighted by Gasteiger charge is 2.40. The van der Waals surface area contributed by atoms with E-state index in [1.165, 1.54) is 19.2 Å². The molecule has 2 saturated carbocycles. The first-order valence-corrected chi connectivity index (χ1v) is 21.1. The number of piperazine rings is 1. The molecule has 6 heterocycles. The van der Waals surface area contributed by atoms with Gasteiger partial charge in [0.15, 0.2) is 5.82 Å². The van der Waals surface area contributed by atoms with Gasteiger partial charge in [-0.1, -0.05) is 0 Å². The van der Waals surface area contributed by atoms with Crippen molar-refractivity contribution in [2.75, 3.05) is 55.6 Å². The molecule has 3 aromatic heterocycles. The monoisotopic (exact) mass is 790 g/mol. The Labute approximate surface area is 336 Å². The van der Waals surface area contributed by atoms with Gasteiger partial charge in [0.05, 0.1) is 35.3 Å². The van der Waals surface area contributed by atoms with E-state index in [9.17, 15) is 9.59 Å². The number of amides is 2. The average Bonchev–Trinajstić information content (AvgIpc) is 3.58. The van der Waals surface area contributed by atoms with Crippen LogP contribution in [0.25, 0.3) is 33.3 Å². The summed E-state index contributed by atoms with van der Waals surface area (Å²) in [5, 5.41) is 11.1. The number of imide groups is 1. The van der Waals surface area contributed by atoms with Crippen LogP contribution in [0.5, 0.6) is 5.75 Å². The third kappa shape index (κ3) is 7.61. The summed E-state index contributed by atoms with van der Waals surface area (Å²) >= 11 is 0. The van der Waals surface area contributed by atoms with E-state index in [1.807, 2.05) is 18.2 Å². The Kier molecular flexibility index (Phi) is 9.75. The minimum absolute atomic E-state index is 0.0433. The molecule has 3 aliphatic heterocycles. The lowest BCUT2D eigenvalue weighted by molar-refractivity contribution is -0.135. The first-order chi connectivity index (χ1) is 28.2. The van der Waals surface area contributed by atoms with E-state index in [4.69, 9.17) is 9.47 Å². The summed E-state index contributed by atoms with van der Waals surface area (Å²) in [6.07, 6.45) is 12.8. The van der Waals surface area contributed by atoms with E-state index >= 15 is 4.39 Å². The summed E-state index contributed by atoms with van der Waals surface area (Å²) in [5.74, 6) is 1.37. The SMILES string of the molecule is CC1(Oc2ccc3[nH]nc(-c4cc(N5CCN(CC6CCC(OC7CCN(c8cc(F)c9c(c8)ncn9C8CCC(=O)NC8=O)CC7)CC6)CC5)ncn4)c3c2)CC1. The number of hydrogen-bond donors (Lipinski definition) is 2. The van der Waals surface area contributed by atoms with Crippen LogP contribution in [0.3, 0.4) is 0 Å². The Hall–Kier alpha value is -5.15. The van der Waals surface area contributed by atoms with Gasteiger partial charge >= 0.3 is 0 Å². The molecule has 1 unspecified atom stereocenters. The van der Waals surface area contributed by atoms with Crippen LogP contribution < -0.4 is 19.9 Å². The second-order valence-corrected chi connectivity index (χ2v) is 17.3. The van der Waals surface area contributed by atoms with Crippen LogP contribution in [0.15, 0.2) is 49.1 Å². The molecule has 10 rings (SSSR count). The van der Waals surface area contributed by atoms with E-state index in [0.717, 1.165) is 124 Å². The fourth-order valence-electron chi connectivity index (χ4n) is 9.43. The number of carbonyl (C=O) groups is 2. The van der Waals surface area contributed by atoms with Gasteiger partial charge in [-0.05, 0) is 101 Å². The van der Waals surface area contributed by atoms with Crippen LogP contribution in [0.2, 0.25) is 0 Å². The van der Waals surface area contributed by atoms with Crippen molar-refractivity contribution in [3.8, 4) is 17.1 Å². The molecule has 2 N–H and O–H groups in total. The van der Waals surface area contributed by atoms with Crippen molar-refractivity contribution < 1.29 is 23.5 Å². The van der Waals surface area contributed by atoms with Crippen molar-refractivity contribution in [1.82, 2.24) is 39.9 Å². The number of hydrogen-bond acceptors (Lipinski definition) is 11. The zero-order valence-electron chi connectivity index (χ0n) is 33.0. The number of H-pyrrole nitrogens is 1. The third-order valence-corrected chi connectivity index (χ3v) is 13.1. The van der Waals surface area contributed by atoms with Gasteiger partial charge in [0.25, 0.3) is 0 Å². The van der Waals surface area contributed by atoms with E-state index < -0.39 is 17.8 Å². The summed E-state index contributed by atoms with van der Waals surface area (Å²) in [7, 11) is 0. The van der Waals surface area contributed by atoms with Crippen LogP contribution in [-0.2, 0) is 14.3 Å². The Morgan fingerprint density at radius 2 is 1.66 bits per heavy atom. The topological polar surface area (TPSA) is 147 Å². The number of ether oxygens (including phenoxy) is 2. The molecule has 15 heteroatoms. The number of imidazole rings is 1. The molecule has 2 amide bonds. The van der Waals surface area contributed by atoms with Gasteiger partial charge in [0, 0.05) is 69.4 Å². The van der Waals surface area contributed by atoms with Crippen LogP contribution >= 0.6 is 0 Å². The smallest absolute Gasteiger partial charge is 0.249 e. The molecule has 5 aliphatic rings. The normalized spacial score (nSPS) is 24.4. The van der Waals surface area contributed by atoms with Crippen molar-refractivity contribution >= 4 is 45.3 Å². The maximum atomic E-state index is 15.5. The highest BCUT2D eigenvalue weighted by Crippen LogP contribution is 2.41. The van der Waals surface area contributed by atoms with Crippen molar-refractivity contribution in [1.29, 1.82) is 0 Å². The zero-order valence-corrected chi connectivity index (χ0v) is 33.0. The first kappa shape index (κ1) is 37.1. The quantitative estimate of drug-likeness (QED) is 0.166. The van der Waals surface area contributed by atoms with E-state index in [-0.39, 0.29) is 24.0 Å². The number of fused-ring (bicyclic) bond motifs is 2. The summed E-state index contributed by atoms with van der Waals surface area (Å²) < 4.78 is 30.0. The fourth-order valence-corrected chi connectivity index (χ4v) is 9.43. The highest BCUT2D eigenvalue weighted by atomic mass is 19.1. The molecule has 1 atom stereocenters. The van der Waals surface area contributed by atoms with Gasteiger partial charge < -0.3 is 23.8 Å². The van der Waals surface area contributed by atoms with Crippen molar-refractivity contribution in [2.45, 2.75) is 95.0 Å². The number of halogens is 1. The molecule has 0 bridgehead atoms. The third-order valence-electron chi connectivity index (χ3n) is 13.1. The first-order valence-electron chi connectivity index (χ1n) is 21.1. The number of benzene rings is 2. The number of aromatic nitrogens is 6. The Balaban J connectivity index is 0.672. The van der Waals surface area contributed by atoms with Gasteiger partial charge in [0.1, 0.15) is 40.7 Å². The summed E-state index contributed by atoms with van der Waals surface area (Å²) in [4.78, 5) is 44.9. The molecule has 2 aliphatic carbocycles. The summed E-state index contributed by atoms with van der Waals surface area (Å²) in [6, 6.07) is 11.0. The van der Waals surface area contributed by atoms with Crippen LogP contribution in [0.1, 0.15) is 77.2 Å². The molecule has 3 saturated heterocycles. The number of anilines is 2. The minimum Gasteiger partial charge on any atom is -0.488 e. The van der Waals surface area contributed by atoms with Gasteiger partial charge in [-0.25, -0.2) is 19.3 Å². The molecule has 304 valence electrons. The minimum atomic E-state index is -0.644. The molecular formula is C43H51FN10O4. The Bertz CT molecular complexity index is 2320. The summed E-state index contributed by atoms with van der Waals surface area (Å²) in [5.41, 5.74) is 4.16. The second-order valence-electron chi connectivity index (χ2n) is 17.3. The lowest BCUT2D eigenvalue weighted by Gasteiger charge is -2.39. The molecule has 5 aromatic rings. The standard InChI is InChI=1S/C43H51FN10O4/c1-43(12-13-43)58-31-6-7-34-32(22-31)40(50-49-34)35-23-38(46-25-45-35)53-18-16-51(17-19-53)24-27-2-4-29(5-3-27)57-30-10-14-52(15-11-30)28-20-33(44)41-36(21-28)47-26-54(41)37-8-9-39(55)48-42(37)56/h6-7,20-23,25-27,29-30,37H,2-5,8-19,24H2,1H3,(H,49,50)(H,48,55,56). The predicted octanol–water partition coefficient (Wildman–Crippen LogP) is 5.78. The van der Waals surface area contributed by atoms with Crippen LogP contribution in [0.4, 0.5) is 15.9 Å². The maximum Gasteiger partial charge on any atom is 0.249 e. The number of piperidine rings is 2. The lowest BCUT2D eigenvalue weighted by Crippen LogP contribution is -2.48. The van der Waals surface area contributed by atoms with Gasteiger partial charge in [-0.3, -0.25) is 24.9 Å². The molecule has 2 aromatic carbocycles. The van der Waals surface area contributed by atoms with E-state index in [1.54, 1.807) is 17.0 Å². The highest BCUT2D eigenvalue weighted by molar-refractivity contribution is 6.00. The number of nitrogens with one attached hydrogen (secondary N) is 2. The second kappa shape index (κ2) is 15.2. The van der Waals surface area contributed by atoms with Crippen molar-refractivity contribution in [2.24, 2.45) is 5.92 Å². The molecule has 5 fully saturated rings. The lowest BCUT2D eigenvalue weighted by atomic mass is 9.86. The molecular weight excluding hydrogens is 740 g/mol. The van der Waals surface area contributed by atoms with Crippen molar-refractivity contribution in [3.05, 3.63) is 54.9 Å². The molecule has 0 radical (unpaired) electrons. The van der Waals surface area contributed by atoms with Crippen molar-refractivity contribution in [3.63, 3.8) is 0 Å². The van der Waals surface area contributed by atoms with Gasteiger partial charge in [-0.2, -0.15) is 5.10 Å². The number of aromatic amines is 1. The van der Waals surface area contributed by atoms with E-state index in [2.05, 4.69) is 64.2 Å². The van der Waals surface area contributed by atoms with Crippen LogP contribution in [0, 0.1) is 11.7 Å². The number of nitrogens with zero attached hydrogens (tertiary/aromatic N) is 8. The molecule has 58 heavy (non-hydrogen) atoms. The number of rotatable bonds is 10. The maximum absolute atomic E-state index is 15.5. The average molecular weight is 791 g/mol. The zero-order chi connectivity index (χ0) is 39.4. The van der Waals surface area contributed by atoms with Crippen LogP contribution in [-0.4, -0.2) is 110 Å². The van der Waals surface area contributed by atoms with Gasteiger partial charge in [0.2, 0.25) is 11.8 Å². The Morgan fingerprint density at radius 1 is 0.862 bits per heavy atom.